The Morgan fingerprint density at radius 2 is 2.06 bits per heavy atom. The SMILES string of the molecule is CNC(C)Cc1nc(-c2ccc(F)cc2)cs1. The molecule has 0 radical (unpaired) electrons. The molecule has 1 unspecified atom stereocenters. The maximum absolute atomic E-state index is 12.8. The largest absolute Gasteiger partial charge is 0.317 e. The summed E-state index contributed by atoms with van der Waals surface area (Å²) in [6.45, 7) is 2.12. The van der Waals surface area contributed by atoms with Crippen LogP contribution < -0.4 is 5.32 Å². The number of nitrogens with one attached hydrogen (secondary N) is 1. The van der Waals surface area contributed by atoms with Crippen LogP contribution >= 0.6 is 11.3 Å². The average molecular weight is 250 g/mol. The van der Waals surface area contributed by atoms with E-state index in [0.29, 0.717) is 6.04 Å². The van der Waals surface area contributed by atoms with Gasteiger partial charge in [-0.3, -0.25) is 0 Å². The maximum atomic E-state index is 12.8. The van der Waals surface area contributed by atoms with Crippen molar-refractivity contribution in [2.75, 3.05) is 7.05 Å². The van der Waals surface area contributed by atoms with E-state index in [4.69, 9.17) is 0 Å². The molecule has 0 aliphatic rings. The summed E-state index contributed by atoms with van der Waals surface area (Å²) in [4.78, 5) is 4.55. The van der Waals surface area contributed by atoms with Gasteiger partial charge in [-0.1, -0.05) is 0 Å². The molecule has 1 N–H and O–H groups in total. The zero-order chi connectivity index (χ0) is 12.3. The van der Waals surface area contributed by atoms with Crippen LogP contribution in [0.3, 0.4) is 0 Å². The molecule has 0 aliphatic heterocycles. The van der Waals surface area contributed by atoms with Crippen molar-refractivity contribution >= 4 is 11.3 Å². The first-order chi connectivity index (χ1) is 8.19. The van der Waals surface area contributed by atoms with Crippen LogP contribution in [0, 0.1) is 5.82 Å². The Morgan fingerprint density at radius 1 is 1.35 bits per heavy atom. The third-order valence-corrected chi connectivity index (χ3v) is 3.54. The molecule has 0 fully saturated rings. The van der Waals surface area contributed by atoms with Crippen molar-refractivity contribution in [1.82, 2.24) is 10.3 Å². The van der Waals surface area contributed by atoms with Gasteiger partial charge in [0.1, 0.15) is 5.82 Å². The number of hydrogen-bond acceptors (Lipinski definition) is 3. The Morgan fingerprint density at radius 3 is 2.71 bits per heavy atom. The average Bonchev–Trinajstić information content (AvgIpc) is 2.78. The summed E-state index contributed by atoms with van der Waals surface area (Å²) in [5.41, 5.74) is 1.89. The van der Waals surface area contributed by atoms with Crippen LogP contribution in [0.4, 0.5) is 4.39 Å². The van der Waals surface area contributed by atoms with E-state index in [1.54, 1.807) is 23.5 Å². The van der Waals surface area contributed by atoms with E-state index in [0.717, 1.165) is 22.7 Å². The lowest BCUT2D eigenvalue weighted by Gasteiger charge is -2.06. The highest BCUT2D eigenvalue weighted by Gasteiger charge is 2.07. The second kappa shape index (κ2) is 5.38. The molecule has 0 saturated heterocycles. The predicted molar refractivity (Wildman–Crippen MR) is 69.7 cm³/mol. The van der Waals surface area contributed by atoms with E-state index >= 15 is 0 Å². The quantitative estimate of drug-likeness (QED) is 0.902. The van der Waals surface area contributed by atoms with Gasteiger partial charge in [-0.2, -0.15) is 0 Å². The van der Waals surface area contributed by atoms with Crippen molar-refractivity contribution in [2.24, 2.45) is 0 Å². The molecule has 0 aliphatic carbocycles. The standard InChI is InChI=1S/C13H15FN2S/c1-9(15-2)7-13-16-12(8-17-13)10-3-5-11(14)6-4-10/h3-6,8-9,15H,7H2,1-2H3. The van der Waals surface area contributed by atoms with Gasteiger partial charge < -0.3 is 5.32 Å². The first-order valence-electron chi connectivity index (χ1n) is 5.56. The molecule has 0 amide bonds. The minimum Gasteiger partial charge on any atom is -0.317 e. The summed E-state index contributed by atoms with van der Waals surface area (Å²) in [7, 11) is 1.94. The van der Waals surface area contributed by atoms with Crippen LogP contribution in [-0.4, -0.2) is 18.1 Å². The fourth-order valence-electron chi connectivity index (χ4n) is 1.52. The van der Waals surface area contributed by atoms with Crippen LogP contribution in [0.1, 0.15) is 11.9 Å². The summed E-state index contributed by atoms with van der Waals surface area (Å²) in [5.74, 6) is -0.215. The minimum absolute atomic E-state index is 0.215. The van der Waals surface area contributed by atoms with E-state index in [-0.39, 0.29) is 5.82 Å². The fourth-order valence-corrected chi connectivity index (χ4v) is 2.46. The molecular weight excluding hydrogens is 235 g/mol. The lowest BCUT2D eigenvalue weighted by atomic mass is 10.2. The van der Waals surface area contributed by atoms with Crippen LogP contribution in [0.15, 0.2) is 29.6 Å². The summed E-state index contributed by atoms with van der Waals surface area (Å²) in [6, 6.07) is 6.86. The molecule has 1 heterocycles. The molecule has 4 heteroatoms. The highest BCUT2D eigenvalue weighted by atomic mass is 32.1. The zero-order valence-corrected chi connectivity index (χ0v) is 10.7. The lowest BCUT2D eigenvalue weighted by Crippen LogP contribution is -2.23. The molecule has 2 rings (SSSR count). The van der Waals surface area contributed by atoms with Gasteiger partial charge in [0.05, 0.1) is 10.7 Å². The number of halogens is 1. The number of benzene rings is 1. The topological polar surface area (TPSA) is 24.9 Å². The smallest absolute Gasteiger partial charge is 0.123 e. The van der Waals surface area contributed by atoms with E-state index in [9.17, 15) is 4.39 Å². The number of thiazole rings is 1. The number of likely N-dealkylation sites (N-methyl/N-ethyl adjacent to an activating group) is 1. The molecule has 1 aromatic heterocycles. The van der Waals surface area contributed by atoms with E-state index < -0.39 is 0 Å². The van der Waals surface area contributed by atoms with Crippen molar-refractivity contribution in [1.29, 1.82) is 0 Å². The van der Waals surface area contributed by atoms with Crippen molar-refractivity contribution in [2.45, 2.75) is 19.4 Å². The van der Waals surface area contributed by atoms with E-state index in [1.807, 2.05) is 12.4 Å². The zero-order valence-electron chi connectivity index (χ0n) is 9.90. The monoisotopic (exact) mass is 250 g/mol. The normalized spacial score (nSPS) is 12.6. The molecular formula is C13H15FN2S. The van der Waals surface area contributed by atoms with Gasteiger partial charge in [-0.15, -0.1) is 11.3 Å². The van der Waals surface area contributed by atoms with Crippen molar-refractivity contribution in [3.8, 4) is 11.3 Å². The lowest BCUT2D eigenvalue weighted by molar-refractivity contribution is 0.607. The van der Waals surface area contributed by atoms with Gasteiger partial charge in [0.15, 0.2) is 0 Å². The van der Waals surface area contributed by atoms with Crippen molar-refractivity contribution in [3.63, 3.8) is 0 Å². The van der Waals surface area contributed by atoms with Gasteiger partial charge in [-0.05, 0) is 38.2 Å². The Labute approximate surface area is 105 Å². The molecule has 2 aromatic rings. The summed E-state index contributed by atoms with van der Waals surface area (Å²) >= 11 is 1.65. The third-order valence-electron chi connectivity index (χ3n) is 2.67. The molecule has 90 valence electrons. The minimum atomic E-state index is -0.215. The van der Waals surface area contributed by atoms with Gasteiger partial charge in [0.2, 0.25) is 0 Å². The van der Waals surface area contributed by atoms with E-state index in [1.165, 1.54) is 12.1 Å². The van der Waals surface area contributed by atoms with Crippen LogP contribution in [-0.2, 0) is 6.42 Å². The van der Waals surface area contributed by atoms with Gasteiger partial charge in [0.25, 0.3) is 0 Å². The Kier molecular flexibility index (Phi) is 3.86. The highest BCUT2D eigenvalue weighted by molar-refractivity contribution is 7.09. The molecule has 0 spiro atoms. The summed E-state index contributed by atoms with van der Waals surface area (Å²) < 4.78 is 12.8. The van der Waals surface area contributed by atoms with Crippen LogP contribution in [0.25, 0.3) is 11.3 Å². The molecule has 1 atom stereocenters. The maximum Gasteiger partial charge on any atom is 0.123 e. The third kappa shape index (κ3) is 3.11. The second-order valence-corrected chi connectivity index (χ2v) is 4.97. The van der Waals surface area contributed by atoms with E-state index in [2.05, 4.69) is 17.2 Å². The highest BCUT2D eigenvalue weighted by Crippen LogP contribution is 2.22. The Bertz CT molecular complexity index is 478. The van der Waals surface area contributed by atoms with Gasteiger partial charge >= 0.3 is 0 Å². The van der Waals surface area contributed by atoms with Crippen molar-refractivity contribution < 1.29 is 4.39 Å². The summed E-state index contributed by atoms with van der Waals surface area (Å²) in [5, 5.41) is 6.31. The predicted octanol–water partition coefficient (Wildman–Crippen LogP) is 3.10. The molecule has 2 nitrogen and oxygen atoms in total. The fraction of sp³-hybridized carbons (Fsp3) is 0.308. The second-order valence-electron chi connectivity index (χ2n) is 4.03. The molecule has 1 aromatic carbocycles. The number of rotatable bonds is 4. The number of hydrogen-bond donors (Lipinski definition) is 1. The van der Waals surface area contributed by atoms with Crippen molar-refractivity contribution in [3.05, 3.63) is 40.5 Å². The number of nitrogens with zero attached hydrogens (tertiary/aromatic N) is 1. The Balaban J connectivity index is 2.15. The molecule has 0 saturated carbocycles. The first-order valence-corrected chi connectivity index (χ1v) is 6.44. The summed E-state index contributed by atoms with van der Waals surface area (Å²) in [6.07, 6.45) is 0.919. The Hall–Kier alpha value is -1.26. The molecule has 17 heavy (non-hydrogen) atoms. The number of aromatic nitrogens is 1. The first kappa shape index (κ1) is 12.2. The van der Waals surface area contributed by atoms with Gasteiger partial charge in [0, 0.05) is 23.4 Å². The van der Waals surface area contributed by atoms with Crippen LogP contribution in [0.5, 0.6) is 0 Å². The molecule has 0 bridgehead atoms. The van der Waals surface area contributed by atoms with Gasteiger partial charge in [-0.25, -0.2) is 9.37 Å². The van der Waals surface area contributed by atoms with Crippen LogP contribution in [0.2, 0.25) is 0 Å².